The first kappa shape index (κ1) is 16.9. The van der Waals surface area contributed by atoms with Crippen LogP contribution in [0.25, 0.3) is 0 Å². The number of benzene rings is 1. The summed E-state index contributed by atoms with van der Waals surface area (Å²) in [7, 11) is 0. The lowest BCUT2D eigenvalue weighted by atomic mass is 10.1. The van der Waals surface area contributed by atoms with Crippen LogP contribution in [0.3, 0.4) is 0 Å². The fraction of sp³-hybridized carbons (Fsp3) is 0.667. The predicted octanol–water partition coefficient (Wildman–Crippen LogP) is 4.41. The van der Waals surface area contributed by atoms with E-state index in [4.69, 9.17) is 4.74 Å². The minimum Gasteiger partial charge on any atom is -0.378 e. The molecule has 1 aliphatic heterocycles. The van der Waals surface area contributed by atoms with Gasteiger partial charge >= 0.3 is 0 Å². The molecule has 3 heteroatoms. The lowest BCUT2D eigenvalue weighted by molar-refractivity contribution is 0.100. The topological polar surface area (TPSA) is 21.3 Å². The van der Waals surface area contributed by atoms with Crippen molar-refractivity contribution in [1.82, 2.24) is 5.32 Å². The van der Waals surface area contributed by atoms with Crippen molar-refractivity contribution in [2.75, 3.05) is 18.9 Å². The van der Waals surface area contributed by atoms with Gasteiger partial charge in [0.2, 0.25) is 0 Å². The predicted molar refractivity (Wildman–Crippen MR) is 92.2 cm³/mol. The van der Waals surface area contributed by atoms with E-state index in [-0.39, 0.29) is 0 Å². The smallest absolute Gasteiger partial charge is 0.0576 e. The second kappa shape index (κ2) is 9.50. The van der Waals surface area contributed by atoms with Gasteiger partial charge in [0.05, 0.1) is 6.10 Å². The molecule has 0 saturated carbocycles. The summed E-state index contributed by atoms with van der Waals surface area (Å²) < 4.78 is 5.75. The van der Waals surface area contributed by atoms with Crippen LogP contribution in [0.15, 0.2) is 29.2 Å². The molecule has 0 aliphatic carbocycles. The van der Waals surface area contributed by atoms with Gasteiger partial charge in [0, 0.05) is 23.3 Å². The van der Waals surface area contributed by atoms with Gasteiger partial charge in [-0.05, 0) is 57.7 Å². The number of aryl methyl sites for hydroxylation is 1. The molecule has 1 heterocycles. The van der Waals surface area contributed by atoms with Crippen molar-refractivity contribution < 1.29 is 4.74 Å². The van der Waals surface area contributed by atoms with E-state index in [2.05, 4.69) is 43.4 Å². The van der Waals surface area contributed by atoms with E-state index >= 15 is 0 Å². The second-order valence-corrected chi connectivity index (χ2v) is 7.08. The van der Waals surface area contributed by atoms with Gasteiger partial charge in [0.1, 0.15) is 0 Å². The van der Waals surface area contributed by atoms with Crippen molar-refractivity contribution in [3.8, 4) is 0 Å². The van der Waals surface area contributed by atoms with Gasteiger partial charge in [0.15, 0.2) is 0 Å². The van der Waals surface area contributed by atoms with E-state index in [0.717, 1.165) is 18.9 Å². The molecule has 2 nitrogen and oxygen atoms in total. The zero-order valence-electron chi connectivity index (χ0n) is 13.4. The molecule has 1 aromatic carbocycles. The maximum absolute atomic E-state index is 5.75. The Kier molecular flexibility index (Phi) is 7.62. The summed E-state index contributed by atoms with van der Waals surface area (Å²) in [5.74, 6) is 1.15. The monoisotopic (exact) mass is 307 g/mol. The van der Waals surface area contributed by atoms with Gasteiger partial charge in [-0.1, -0.05) is 24.6 Å². The Bertz CT molecular complexity index is 387. The van der Waals surface area contributed by atoms with Crippen LogP contribution in [0.1, 0.15) is 44.6 Å². The third-order valence-corrected chi connectivity index (χ3v) is 5.19. The number of ether oxygens (including phenoxy) is 1. The van der Waals surface area contributed by atoms with E-state index in [0.29, 0.717) is 12.1 Å². The van der Waals surface area contributed by atoms with Crippen molar-refractivity contribution in [1.29, 1.82) is 0 Å². The lowest BCUT2D eigenvalue weighted by Crippen LogP contribution is -2.32. The van der Waals surface area contributed by atoms with E-state index < -0.39 is 0 Å². The van der Waals surface area contributed by atoms with Gasteiger partial charge in [-0.25, -0.2) is 0 Å². The third-order valence-electron chi connectivity index (χ3n) is 4.02. The SMILES string of the molecule is CCCNC(CCC1CCCO1)CSc1ccc(C)cc1. The van der Waals surface area contributed by atoms with Crippen LogP contribution in [0.5, 0.6) is 0 Å². The van der Waals surface area contributed by atoms with Crippen LogP contribution in [-0.2, 0) is 4.74 Å². The highest BCUT2D eigenvalue weighted by atomic mass is 32.2. The maximum Gasteiger partial charge on any atom is 0.0576 e. The number of thioether (sulfide) groups is 1. The minimum atomic E-state index is 0.514. The fourth-order valence-corrected chi connectivity index (χ4v) is 3.69. The average molecular weight is 308 g/mol. The van der Waals surface area contributed by atoms with Crippen LogP contribution in [0, 0.1) is 6.92 Å². The van der Waals surface area contributed by atoms with Crippen LogP contribution in [-0.4, -0.2) is 31.1 Å². The van der Waals surface area contributed by atoms with E-state index in [1.807, 2.05) is 11.8 Å². The standard InChI is InChI=1S/C18H29NOS/c1-3-12-19-16(8-9-17-5-4-13-20-17)14-21-18-10-6-15(2)7-11-18/h6-7,10-11,16-17,19H,3-5,8-9,12-14H2,1-2H3. The van der Waals surface area contributed by atoms with Crippen LogP contribution >= 0.6 is 11.8 Å². The summed E-state index contributed by atoms with van der Waals surface area (Å²) in [5.41, 5.74) is 1.33. The second-order valence-electron chi connectivity index (χ2n) is 5.99. The number of rotatable bonds is 9. The molecule has 0 radical (unpaired) electrons. The van der Waals surface area contributed by atoms with Gasteiger partial charge in [-0.3, -0.25) is 0 Å². The average Bonchev–Trinajstić information content (AvgIpc) is 3.01. The molecule has 0 amide bonds. The molecule has 21 heavy (non-hydrogen) atoms. The first-order chi connectivity index (χ1) is 10.3. The molecular formula is C18H29NOS. The minimum absolute atomic E-state index is 0.514. The van der Waals surface area contributed by atoms with Gasteiger partial charge in [0.25, 0.3) is 0 Å². The van der Waals surface area contributed by atoms with E-state index in [1.165, 1.54) is 42.6 Å². The zero-order chi connectivity index (χ0) is 14.9. The highest BCUT2D eigenvalue weighted by Crippen LogP contribution is 2.22. The van der Waals surface area contributed by atoms with Crippen molar-refractivity contribution in [3.05, 3.63) is 29.8 Å². The molecule has 1 saturated heterocycles. The quantitative estimate of drug-likeness (QED) is 0.683. The Hall–Kier alpha value is -0.510. The van der Waals surface area contributed by atoms with Gasteiger partial charge < -0.3 is 10.1 Å². The Morgan fingerprint density at radius 1 is 1.33 bits per heavy atom. The molecule has 2 atom stereocenters. The number of hydrogen-bond donors (Lipinski definition) is 1. The molecule has 1 aliphatic rings. The molecule has 2 rings (SSSR count). The zero-order valence-corrected chi connectivity index (χ0v) is 14.3. The summed E-state index contributed by atoms with van der Waals surface area (Å²) in [4.78, 5) is 1.38. The Morgan fingerprint density at radius 3 is 2.81 bits per heavy atom. The summed E-state index contributed by atoms with van der Waals surface area (Å²) in [5, 5.41) is 3.70. The molecule has 0 aromatic heterocycles. The molecule has 1 N–H and O–H groups in total. The van der Waals surface area contributed by atoms with Gasteiger partial charge in [-0.15, -0.1) is 11.8 Å². The van der Waals surface area contributed by atoms with Crippen molar-refractivity contribution >= 4 is 11.8 Å². The largest absolute Gasteiger partial charge is 0.378 e. The lowest BCUT2D eigenvalue weighted by Gasteiger charge is -2.20. The molecule has 0 spiro atoms. The molecule has 1 aromatic rings. The summed E-state index contributed by atoms with van der Waals surface area (Å²) in [6, 6.07) is 9.46. The van der Waals surface area contributed by atoms with Crippen LogP contribution < -0.4 is 5.32 Å². The van der Waals surface area contributed by atoms with Crippen molar-refractivity contribution in [2.45, 2.75) is 63.0 Å². The van der Waals surface area contributed by atoms with Crippen LogP contribution in [0.4, 0.5) is 0 Å². The van der Waals surface area contributed by atoms with Gasteiger partial charge in [-0.2, -0.15) is 0 Å². The molecular weight excluding hydrogens is 278 g/mol. The maximum atomic E-state index is 5.75. The molecule has 118 valence electrons. The first-order valence-electron chi connectivity index (χ1n) is 8.32. The van der Waals surface area contributed by atoms with E-state index in [1.54, 1.807) is 0 Å². The fourth-order valence-electron chi connectivity index (χ4n) is 2.68. The molecule has 2 unspecified atom stereocenters. The summed E-state index contributed by atoms with van der Waals surface area (Å²) in [6.45, 7) is 6.46. The summed E-state index contributed by atoms with van der Waals surface area (Å²) in [6.07, 6.45) is 6.65. The number of hydrogen-bond acceptors (Lipinski definition) is 3. The normalized spacial score (nSPS) is 19.8. The molecule has 1 fully saturated rings. The summed E-state index contributed by atoms with van der Waals surface area (Å²) >= 11 is 1.97. The Balaban J connectivity index is 1.75. The van der Waals surface area contributed by atoms with Crippen molar-refractivity contribution in [3.63, 3.8) is 0 Å². The highest BCUT2D eigenvalue weighted by molar-refractivity contribution is 7.99. The first-order valence-corrected chi connectivity index (χ1v) is 9.31. The Labute approximate surface area is 134 Å². The third kappa shape index (κ3) is 6.41. The van der Waals surface area contributed by atoms with Crippen LogP contribution in [0.2, 0.25) is 0 Å². The van der Waals surface area contributed by atoms with E-state index in [9.17, 15) is 0 Å². The number of nitrogens with one attached hydrogen (secondary N) is 1. The van der Waals surface area contributed by atoms with Crippen molar-refractivity contribution in [2.24, 2.45) is 0 Å². The molecule has 0 bridgehead atoms. The Morgan fingerprint density at radius 2 is 2.14 bits per heavy atom. The highest BCUT2D eigenvalue weighted by Gasteiger charge is 2.17.